The van der Waals surface area contributed by atoms with E-state index in [0.29, 0.717) is 11.3 Å². The highest BCUT2D eigenvalue weighted by atomic mass is 79.9. The highest BCUT2D eigenvalue weighted by molar-refractivity contribution is 9.10. The van der Waals surface area contributed by atoms with Crippen LogP contribution in [0.15, 0.2) is 26.4 Å². The van der Waals surface area contributed by atoms with E-state index in [1.165, 1.54) is 12.3 Å². The Morgan fingerprint density at radius 1 is 1.52 bits per heavy atom. The molecule has 2 N–H and O–H groups in total. The lowest BCUT2D eigenvalue weighted by Crippen LogP contribution is -2.22. The summed E-state index contributed by atoms with van der Waals surface area (Å²) in [6.45, 7) is 5.67. The molecule has 0 aliphatic carbocycles. The molecule has 0 saturated heterocycles. The highest BCUT2D eigenvalue weighted by Crippen LogP contribution is 2.19. The number of carbonyl (C=O) groups excluding carboxylic acids is 1. The quantitative estimate of drug-likeness (QED) is 0.393. The average Bonchev–Trinajstić information content (AvgIpc) is 2.96. The highest BCUT2D eigenvalue weighted by Gasteiger charge is 2.14. The maximum Gasteiger partial charge on any atom is 0.369 e. The SMILES string of the molecule is Cc1nn(C/C(N)=N/OC(=O)c2ccoc2C)c(C)c1Br. The van der Waals surface area contributed by atoms with E-state index < -0.39 is 5.97 Å². The smallest absolute Gasteiger partial charge is 0.369 e. The molecule has 2 aromatic rings. The van der Waals surface area contributed by atoms with Crippen molar-refractivity contribution in [2.24, 2.45) is 10.9 Å². The third kappa shape index (κ3) is 3.33. The summed E-state index contributed by atoms with van der Waals surface area (Å²) in [5.74, 6) is -0.00223. The first-order chi connectivity index (χ1) is 9.90. The van der Waals surface area contributed by atoms with Gasteiger partial charge in [0.25, 0.3) is 0 Å². The van der Waals surface area contributed by atoms with Crippen LogP contribution >= 0.6 is 15.9 Å². The molecule has 0 unspecified atom stereocenters. The zero-order valence-corrected chi connectivity index (χ0v) is 13.5. The summed E-state index contributed by atoms with van der Waals surface area (Å²) in [6, 6.07) is 1.52. The number of rotatable bonds is 4. The van der Waals surface area contributed by atoms with E-state index in [1.807, 2.05) is 13.8 Å². The number of aryl methyl sites for hydroxylation is 2. The third-order valence-electron chi connectivity index (χ3n) is 2.93. The Kier molecular flexibility index (Phi) is 4.46. The van der Waals surface area contributed by atoms with E-state index in [2.05, 4.69) is 26.2 Å². The van der Waals surface area contributed by atoms with Crippen molar-refractivity contribution in [3.63, 3.8) is 0 Å². The molecule has 0 amide bonds. The molecule has 21 heavy (non-hydrogen) atoms. The van der Waals surface area contributed by atoms with Crippen LogP contribution in [0.25, 0.3) is 0 Å². The normalized spacial score (nSPS) is 11.7. The Bertz CT molecular complexity index is 702. The molecule has 0 aliphatic rings. The van der Waals surface area contributed by atoms with Crippen molar-refractivity contribution in [1.82, 2.24) is 9.78 Å². The number of hydrogen-bond acceptors (Lipinski definition) is 5. The van der Waals surface area contributed by atoms with Crippen LogP contribution in [0.1, 0.15) is 27.5 Å². The summed E-state index contributed by atoms with van der Waals surface area (Å²) in [4.78, 5) is 16.5. The Morgan fingerprint density at radius 3 is 2.76 bits per heavy atom. The van der Waals surface area contributed by atoms with Crippen LogP contribution in [-0.2, 0) is 11.4 Å². The van der Waals surface area contributed by atoms with Crippen molar-refractivity contribution in [2.45, 2.75) is 27.3 Å². The summed E-state index contributed by atoms with van der Waals surface area (Å²) in [5.41, 5.74) is 7.84. The monoisotopic (exact) mass is 354 g/mol. The Morgan fingerprint density at radius 2 is 2.24 bits per heavy atom. The van der Waals surface area contributed by atoms with Crippen LogP contribution in [0.5, 0.6) is 0 Å². The Hall–Kier alpha value is -2.09. The summed E-state index contributed by atoms with van der Waals surface area (Å²) in [6.07, 6.45) is 1.41. The number of hydrogen-bond donors (Lipinski definition) is 1. The topological polar surface area (TPSA) is 95.6 Å². The van der Waals surface area contributed by atoms with Gasteiger partial charge in [-0.15, -0.1) is 0 Å². The molecule has 0 aliphatic heterocycles. The predicted octanol–water partition coefficient (Wildman–Crippen LogP) is 2.29. The van der Waals surface area contributed by atoms with Crippen molar-refractivity contribution in [2.75, 3.05) is 0 Å². The van der Waals surface area contributed by atoms with E-state index in [-0.39, 0.29) is 12.4 Å². The van der Waals surface area contributed by atoms with Crippen molar-refractivity contribution in [3.8, 4) is 0 Å². The number of nitrogens with two attached hydrogens (primary N) is 1. The molecule has 2 aromatic heterocycles. The molecule has 0 spiro atoms. The van der Waals surface area contributed by atoms with E-state index >= 15 is 0 Å². The number of furan rings is 1. The molecule has 0 saturated carbocycles. The minimum absolute atomic E-state index is 0.141. The standard InChI is InChI=1S/C13H15BrN4O3/c1-7-12(14)8(2)18(16-7)6-11(15)17-21-13(19)10-4-5-20-9(10)3/h4-5H,6H2,1-3H3,(H2,15,17). The lowest BCUT2D eigenvalue weighted by Gasteiger charge is -2.03. The van der Waals surface area contributed by atoms with Crippen molar-refractivity contribution in [3.05, 3.63) is 39.5 Å². The first-order valence-electron chi connectivity index (χ1n) is 6.17. The molecule has 2 rings (SSSR count). The Labute approximate surface area is 129 Å². The summed E-state index contributed by atoms with van der Waals surface area (Å²) >= 11 is 3.43. The second kappa shape index (κ2) is 6.13. The predicted molar refractivity (Wildman–Crippen MR) is 79.9 cm³/mol. The van der Waals surface area contributed by atoms with Crippen LogP contribution in [-0.4, -0.2) is 21.6 Å². The summed E-state index contributed by atoms with van der Waals surface area (Å²) in [7, 11) is 0. The van der Waals surface area contributed by atoms with Gasteiger partial charge in [-0.2, -0.15) is 5.10 Å². The molecule has 0 atom stereocenters. The first kappa shape index (κ1) is 15.3. The lowest BCUT2D eigenvalue weighted by molar-refractivity contribution is 0.0512. The first-order valence-corrected chi connectivity index (χ1v) is 6.96. The fourth-order valence-electron chi connectivity index (χ4n) is 1.76. The molecule has 0 radical (unpaired) electrons. The summed E-state index contributed by atoms with van der Waals surface area (Å²) in [5, 5.41) is 7.92. The second-order valence-electron chi connectivity index (χ2n) is 4.49. The number of carbonyl (C=O) groups is 1. The fourth-order valence-corrected chi connectivity index (χ4v) is 2.04. The zero-order valence-electron chi connectivity index (χ0n) is 11.9. The minimum atomic E-state index is -0.612. The van der Waals surface area contributed by atoms with Crippen molar-refractivity contribution in [1.29, 1.82) is 0 Å². The molecule has 0 fully saturated rings. The number of halogens is 1. The molecule has 112 valence electrons. The van der Waals surface area contributed by atoms with Gasteiger partial charge in [-0.25, -0.2) is 4.79 Å². The van der Waals surface area contributed by atoms with E-state index in [4.69, 9.17) is 15.0 Å². The van der Waals surface area contributed by atoms with Gasteiger partial charge in [-0.05, 0) is 42.8 Å². The van der Waals surface area contributed by atoms with Crippen LogP contribution in [0, 0.1) is 20.8 Å². The van der Waals surface area contributed by atoms with Gasteiger partial charge in [0.15, 0.2) is 5.84 Å². The van der Waals surface area contributed by atoms with Gasteiger partial charge < -0.3 is 15.0 Å². The molecule has 2 heterocycles. The molecule has 0 bridgehead atoms. The average molecular weight is 355 g/mol. The van der Waals surface area contributed by atoms with Crippen LogP contribution in [0.4, 0.5) is 0 Å². The Balaban J connectivity index is 2.03. The molecular weight excluding hydrogens is 340 g/mol. The van der Waals surface area contributed by atoms with Gasteiger partial charge >= 0.3 is 5.97 Å². The number of aromatic nitrogens is 2. The van der Waals surface area contributed by atoms with E-state index in [1.54, 1.807) is 11.6 Å². The van der Waals surface area contributed by atoms with E-state index in [0.717, 1.165) is 15.9 Å². The maximum absolute atomic E-state index is 11.7. The molecular formula is C13H15BrN4O3. The zero-order chi connectivity index (χ0) is 15.6. The molecule has 7 nitrogen and oxygen atoms in total. The number of oxime groups is 1. The van der Waals surface area contributed by atoms with Gasteiger partial charge in [0, 0.05) is 0 Å². The van der Waals surface area contributed by atoms with Crippen molar-refractivity contribution < 1.29 is 14.0 Å². The van der Waals surface area contributed by atoms with Gasteiger partial charge in [0.2, 0.25) is 0 Å². The fraction of sp³-hybridized carbons (Fsp3) is 0.308. The van der Waals surface area contributed by atoms with Gasteiger partial charge in [-0.3, -0.25) is 4.68 Å². The summed E-state index contributed by atoms with van der Waals surface area (Å²) < 4.78 is 7.61. The number of nitrogens with zero attached hydrogens (tertiary/aromatic N) is 3. The minimum Gasteiger partial charge on any atom is -0.469 e. The lowest BCUT2D eigenvalue weighted by atomic mass is 10.3. The van der Waals surface area contributed by atoms with Crippen LogP contribution in [0.3, 0.4) is 0 Å². The largest absolute Gasteiger partial charge is 0.469 e. The molecule has 8 heteroatoms. The third-order valence-corrected chi connectivity index (χ3v) is 4.08. The molecule has 0 aromatic carbocycles. The number of amidine groups is 1. The van der Waals surface area contributed by atoms with Crippen LogP contribution < -0.4 is 5.73 Å². The van der Waals surface area contributed by atoms with Gasteiger partial charge in [0.05, 0.1) is 22.1 Å². The van der Waals surface area contributed by atoms with E-state index in [9.17, 15) is 4.79 Å². The second-order valence-corrected chi connectivity index (χ2v) is 5.29. The van der Waals surface area contributed by atoms with Crippen LogP contribution in [0.2, 0.25) is 0 Å². The maximum atomic E-state index is 11.7. The van der Waals surface area contributed by atoms with Gasteiger partial charge in [0.1, 0.15) is 17.9 Å². The van der Waals surface area contributed by atoms with Gasteiger partial charge in [-0.1, -0.05) is 5.16 Å². The van der Waals surface area contributed by atoms with Crippen molar-refractivity contribution >= 4 is 27.7 Å².